The smallest absolute Gasteiger partial charge is 0.265 e. The van der Waals surface area contributed by atoms with E-state index in [0.29, 0.717) is 11.4 Å². The second-order valence-corrected chi connectivity index (χ2v) is 7.94. The predicted octanol–water partition coefficient (Wildman–Crippen LogP) is 4.22. The van der Waals surface area contributed by atoms with Gasteiger partial charge in [-0.2, -0.15) is 0 Å². The fourth-order valence-corrected chi connectivity index (χ4v) is 4.65. The van der Waals surface area contributed by atoms with Gasteiger partial charge in [0.1, 0.15) is 9.88 Å². The van der Waals surface area contributed by atoms with Crippen LogP contribution in [-0.4, -0.2) is 27.8 Å². The van der Waals surface area contributed by atoms with Crippen LogP contribution >= 0.6 is 34.0 Å². The number of carbonyl (C=O) groups is 1. The number of carbonyl (C=O) groups excluding carboxylic acids is 1. The van der Waals surface area contributed by atoms with Crippen LogP contribution in [0.3, 0.4) is 0 Å². The van der Waals surface area contributed by atoms with Crippen LogP contribution in [0.2, 0.25) is 0 Å². The van der Waals surface area contributed by atoms with Gasteiger partial charge in [0.25, 0.3) is 5.91 Å². The highest BCUT2D eigenvalue weighted by molar-refractivity contribution is 7.20. The molecule has 0 unspecified atom stereocenters. The fourth-order valence-electron chi connectivity index (χ4n) is 2.11. The van der Waals surface area contributed by atoms with Crippen LogP contribution in [0.5, 0.6) is 0 Å². The molecule has 3 aromatic heterocycles. The van der Waals surface area contributed by atoms with Crippen LogP contribution in [0, 0.1) is 13.8 Å². The molecule has 0 atom stereocenters. The minimum Gasteiger partial charge on any atom is -0.335 e. The SMILES string of the molecule is Cc1nc(C)c(C(=O)N(C)Cc2csc(-c3cccs3)n2)s1. The van der Waals surface area contributed by atoms with E-state index in [-0.39, 0.29) is 5.91 Å². The van der Waals surface area contributed by atoms with Gasteiger partial charge >= 0.3 is 0 Å². The number of thiophene rings is 1. The van der Waals surface area contributed by atoms with Crippen LogP contribution < -0.4 is 0 Å². The van der Waals surface area contributed by atoms with Gasteiger partial charge in [-0.05, 0) is 25.3 Å². The molecule has 3 heterocycles. The van der Waals surface area contributed by atoms with E-state index in [9.17, 15) is 4.79 Å². The maximum Gasteiger partial charge on any atom is 0.265 e. The molecule has 0 aliphatic carbocycles. The van der Waals surface area contributed by atoms with Crippen molar-refractivity contribution in [2.75, 3.05) is 7.05 Å². The van der Waals surface area contributed by atoms with Crippen molar-refractivity contribution in [2.24, 2.45) is 0 Å². The summed E-state index contributed by atoms with van der Waals surface area (Å²) in [4.78, 5) is 25.0. The number of thiazole rings is 2. The Morgan fingerprint density at radius 1 is 1.27 bits per heavy atom. The van der Waals surface area contributed by atoms with Crippen LogP contribution in [0.25, 0.3) is 9.88 Å². The minimum atomic E-state index is 0.00812. The molecule has 0 saturated carbocycles. The first-order valence-corrected chi connectivity index (χ1v) is 9.30. The summed E-state index contributed by atoms with van der Waals surface area (Å²) in [6, 6.07) is 4.08. The van der Waals surface area contributed by atoms with Crippen LogP contribution in [-0.2, 0) is 6.54 Å². The van der Waals surface area contributed by atoms with Gasteiger partial charge in [0.15, 0.2) is 0 Å². The standard InChI is InChI=1S/C15H15N3OS3/c1-9-13(22-10(2)16-9)15(19)18(3)7-11-8-21-14(17-11)12-5-4-6-20-12/h4-6,8H,7H2,1-3H3. The first-order valence-electron chi connectivity index (χ1n) is 6.72. The maximum atomic E-state index is 12.5. The van der Waals surface area contributed by atoms with Crippen molar-refractivity contribution < 1.29 is 4.79 Å². The van der Waals surface area contributed by atoms with Crippen LogP contribution in [0.15, 0.2) is 22.9 Å². The molecule has 0 bridgehead atoms. The van der Waals surface area contributed by atoms with Crippen molar-refractivity contribution >= 4 is 39.9 Å². The van der Waals surface area contributed by atoms with Gasteiger partial charge in [0.2, 0.25) is 0 Å². The Morgan fingerprint density at radius 2 is 2.09 bits per heavy atom. The third-order valence-corrected chi connectivity index (χ3v) is 6.12. The van der Waals surface area contributed by atoms with E-state index in [1.165, 1.54) is 16.2 Å². The average Bonchev–Trinajstić information content (AvgIpc) is 3.18. The van der Waals surface area contributed by atoms with E-state index >= 15 is 0 Å². The molecule has 0 aliphatic heterocycles. The lowest BCUT2D eigenvalue weighted by molar-refractivity contribution is 0.0787. The van der Waals surface area contributed by atoms with Crippen molar-refractivity contribution in [3.8, 4) is 9.88 Å². The number of hydrogen-bond acceptors (Lipinski definition) is 6. The third-order valence-electron chi connectivity index (χ3n) is 3.13. The quantitative estimate of drug-likeness (QED) is 0.708. The fraction of sp³-hybridized carbons (Fsp3) is 0.267. The highest BCUT2D eigenvalue weighted by Gasteiger charge is 2.19. The summed E-state index contributed by atoms with van der Waals surface area (Å²) in [6.45, 7) is 4.31. The number of aromatic nitrogens is 2. The second-order valence-electron chi connectivity index (χ2n) is 4.93. The van der Waals surface area contributed by atoms with Crippen LogP contribution in [0.1, 0.15) is 26.1 Å². The third kappa shape index (κ3) is 3.11. The largest absolute Gasteiger partial charge is 0.335 e. The van der Waals surface area contributed by atoms with Crippen molar-refractivity contribution in [2.45, 2.75) is 20.4 Å². The highest BCUT2D eigenvalue weighted by atomic mass is 32.1. The van der Waals surface area contributed by atoms with Crippen molar-refractivity contribution in [3.63, 3.8) is 0 Å². The molecule has 22 heavy (non-hydrogen) atoms. The van der Waals surface area contributed by atoms with Gasteiger partial charge in [-0.3, -0.25) is 4.79 Å². The Hall–Kier alpha value is -1.57. The number of aryl methyl sites for hydroxylation is 2. The predicted molar refractivity (Wildman–Crippen MR) is 92.8 cm³/mol. The Labute approximate surface area is 141 Å². The first kappa shape index (κ1) is 15.3. The lowest BCUT2D eigenvalue weighted by Gasteiger charge is -2.14. The van der Waals surface area contributed by atoms with E-state index in [1.54, 1.807) is 34.6 Å². The van der Waals surface area contributed by atoms with E-state index in [4.69, 9.17) is 0 Å². The van der Waals surface area contributed by atoms with Gasteiger partial charge in [-0.15, -0.1) is 34.0 Å². The molecule has 3 rings (SSSR count). The van der Waals surface area contributed by atoms with Gasteiger partial charge in [-0.25, -0.2) is 9.97 Å². The van der Waals surface area contributed by atoms with Crippen molar-refractivity contribution in [1.82, 2.24) is 14.9 Å². The molecule has 7 heteroatoms. The zero-order chi connectivity index (χ0) is 15.7. The first-order chi connectivity index (χ1) is 10.5. The molecule has 0 spiro atoms. The van der Waals surface area contributed by atoms with E-state index in [0.717, 1.165) is 21.4 Å². The number of nitrogens with zero attached hydrogens (tertiary/aromatic N) is 3. The molecule has 114 valence electrons. The molecule has 0 N–H and O–H groups in total. The summed E-state index contributed by atoms with van der Waals surface area (Å²) in [5.41, 5.74) is 1.72. The summed E-state index contributed by atoms with van der Waals surface area (Å²) < 4.78 is 0. The monoisotopic (exact) mass is 349 g/mol. The molecule has 3 aromatic rings. The molecule has 0 fully saturated rings. The molecule has 0 aliphatic rings. The summed E-state index contributed by atoms with van der Waals surface area (Å²) >= 11 is 4.74. The van der Waals surface area contributed by atoms with Crippen molar-refractivity contribution in [3.05, 3.63) is 44.2 Å². The average molecular weight is 350 g/mol. The number of rotatable bonds is 4. The Balaban J connectivity index is 1.73. The topological polar surface area (TPSA) is 46.1 Å². The highest BCUT2D eigenvalue weighted by Crippen LogP contribution is 2.28. The number of hydrogen-bond donors (Lipinski definition) is 0. The van der Waals surface area contributed by atoms with Crippen LogP contribution in [0.4, 0.5) is 0 Å². The zero-order valence-electron chi connectivity index (χ0n) is 12.5. The van der Waals surface area contributed by atoms with E-state index in [2.05, 4.69) is 16.0 Å². The normalized spacial score (nSPS) is 10.9. The lowest BCUT2D eigenvalue weighted by Crippen LogP contribution is -2.26. The molecular weight excluding hydrogens is 334 g/mol. The Kier molecular flexibility index (Phi) is 4.37. The minimum absolute atomic E-state index is 0.00812. The molecule has 4 nitrogen and oxygen atoms in total. The van der Waals surface area contributed by atoms with Gasteiger partial charge in [0, 0.05) is 12.4 Å². The molecule has 0 aromatic carbocycles. The summed E-state index contributed by atoms with van der Waals surface area (Å²) in [5, 5.41) is 5.99. The second kappa shape index (κ2) is 6.28. The zero-order valence-corrected chi connectivity index (χ0v) is 14.9. The lowest BCUT2D eigenvalue weighted by atomic mass is 10.3. The summed E-state index contributed by atoms with van der Waals surface area (Å²) in [6.07, 6.45) is 0. The van der Waals surface area contributed by atoms with E-state index in [1.807, 2.05) is 30.7 Å². The Bertz CT molecular complexity index is 789. The number of amides is 1. The van der Waals surface area contributed by atoms with E-state index < -0.39 is 0 Å². The Morgan fingerprint density at radius 3 is 2.73 bits per heavy atom. The summed E-state index contributed by atoms with van der Waals surface area (Å²) in [5.74, 6) is 0.00812. The molecular formula is C15H15N3OS3. The molecule has 0 radical (unpaired) electrons. The van der Waals surface area contributed by atoms with Gasteiger partial charge in [0.05, 0.1) is 27.8 Å². The summed E-state index contributed by atoms with van der Waals surface area (Å²) in [7, 11) is 1.81. The molecule has 1 amide bonds. The van der Waals surface area contributed by atoms with Crippen molar-refractivity contribution in [1.29, 1.82) is 0 Å². The van der Waals surface area contributed by atoms with Gasteiger partial charge in [-0.1, -0.05) is 6.07 Å². The molecule has 0 saturated heterocycles. The maximum absolute atomic E-state index is 12.5. The van der Waals surface area contributed by atoms with Gasteiger partial charge < -0.3 is 4.90 Å².